The molecule has 2 unspecified atom stereocenters. The number of ether oxygens (including phenoxy) is 2. The monoisotopic (exact) mass is 463 g/mol. The second-order valence-electron chi connectivity index (χ2n) is 8.92. The molecule has 9 heteroatoms. The number of nitrogens with two attached hydrogens (primary N) is 1. The van der Waals surface area contributed by atoms with Crippen LogP contribution in [0.25, 0.3) is 11.4 Å². The van der Waals surface area contributed by atoms with Crippen LogP contribution < -0.4 is 10.5 Å². The molecule has 0 bridgehead atoms. The Hall–Kier alpha value is -3.16. The summed E-state index contributed by atoms with van der Waals surface area (Å²) in [5.41, 5.74) is 7.26. The van der Waals surface area contributed by atoms with E-state index in [-0.39, 0.29) is 6.10 Å². The number of nitrogens with zero attached hydrogens (tertiary/aromatic N) is 4. The normalized spacial score (nSPS) is 19.7. The lowest BCUT2D eigenvalue weighted by atomic mass is 10.0. The molecule has 0 spiro atoms. The van der Waals surface area contributed by atoms with Crippen molar-refractivity contribution in [1.29, 1.82) is 0 Å². The number of hydrogen-bond acceptors (Lipinski definition) is 8. The number of aliphatic hydroxyl groups is 1. The van der Waals surface area contributed by atoms with Crippen molar-refractivity contribution in [2.75, 3.05) is 32.8 Å². The van der Waals surface area contributed by atoms with E-state index in [1.807, 2.05) is 24.4 Å². The number of fused-ring (bicyclic) bond motifs is 3. The molecule has 3 aromatic rings. The molecule has 0 radical (unpaired) electrons. The molecule has 178 valence electrons. The molecule has 0 amide bonds. The van der Waals surface area contributed by atoms with Crippen LogP contribution in [0.1, 0.15) is 29.6 Å². The number of imidazole rings is 1. The van der Waals surface area contributed by atoms with Crippen LogP contribution in [0, 0.1) is 18.8 Å². The Balaban J connectivity index is 1.46. The molecular formula is C25H29N5O4. The van der Waals surface area contributed by atoms with Crippen molar-refractivity contribution >= 4 is 0 Å². The van der Waals surface area contributed by atoms with Crippen LogP contribution >= 0.6 is 0 Å². The van der Waals surface area contributed by atoms with Gasteiger partial charge in [-0.05, 0) is 32.0 Å². The van der Waals surface area contributed by atoms with Gasteiger partial charge in [-0.2, -0.15) is 0 Å². The molecule has 3 N–H and O–H groups in total. The standard InChI is InChI=1S/C25H29N5O4/c1-17-11-23(28-34-17)25(2,31)6-5-18-3-4-22-21(12-18)24-27-19(13-26)14-30(24)16-20(33-22)15-29-7-9-32-10-8-29/h3-4,11-12,14,20,31H,7-10,13,15-16,26H2,1-2H3. The first-order chi connectivity index (χ1) is 16.4. The SMILES string of the molecule is Cc1cc(C(C)(O)C#Cc2ccc3c(c2)-c2nc(CN)cn2CC(CN2CCOCC2)O3)no1. The number of hydrogen-bond donors (Lipinski definition) is 2. The second-order valence-corrected chi connectivity index (χ2v) is 8.92. The minimum Gasteiger partial charge on any atom is -0.486 e. The van der Waals surface area contributed by atoms with Gasteiger partial charge in [0.05, 0.1) is 31.0 Å². The molecule has 4 heterocycles. The highest BCUT2D eigenvalue weighted by atomic mass is 16.5. The lowest BCUT2D eigenvalue weighted by Gasteiger charge is -2.30. The van der Waals surface area contributed by atoms with Gasteiger partial charge in [-0.15, -0.1) is 0 Å². The highest BCUT2D eigenvalue weighted by molar-refractivity contribution is 5.68. The van der Waals surface area contributed by atoms with Crippen molar-refractivity contribution in [1.82, 2.24) is 19.6 Å². The molecule has 1 saturated heterocycles. The molecule has 5 rings (SSSR count). The summed E-state index contributed by atoms with van der Waals surface area (Å²) in [6.45, 7) is 8.51. The van der Waals surface area contributed by atoms with E-state index in [1.165, 1.54) is 0 Å². The van der Waals surface area contributed by atoms with Crippen LogP contribution in [0.5, 0.6) is 5.75 Å². The van der Waals surface area contributed by atoms with Gasteiger partial charge in [0.15, 0.2) is 5.60 Å². The van der Waals surface area contributed by atoms with Crippen molar-refractivity contribution in [3.05, 3.63) is 53.2 Å². The molecule has 2 aliphatic heterocycles. The summed E-state index contributed by atoms with van der Waals surface area (Å²) < 4.78 is 19.1. The second kappa shape index (κ2) is 9.24. The molecule has 9 nitrogen and oxygen atoms in total. The van der Waals surface area contributed by atoms with E-state index >= 15 is 0 Å². The van der Waals surface area contributed by atoms with Crippen LogP contribution in [0.15, 0.2) is 35.0 Å². The fraction of sp³-hybridized carbons (Fsp3) is 0.440. The van der Waals surface area contributed by atoms with Crippen LogP contribution in [0.2, 0.25) is 0 Å². The average molecular weight is 464 g/mol. The Morgan fingerprint density at radius 2 is 2.09 bits per heavy atom. The van der Waals surface area contributed by atoms with Gasteiger partial charge in [-0.3, -0.25) is 4.90 Å². The zero-order chi connectivity index (χ0) is 23.7. The summed E-state index contributed by atoms with van der Waals surface area (Å²) in [5.74, 6) is 8.16. The lowest BCUT2D eigenvalue weighted by molar-refractivity contribution is 0.0172. The fourth-order valence-corrected chi connectivity index (χ4v) is 4.26. The molecule has 0 aliphatic carbocycles. The zero-order valence-electron chi connectivity index (χ0n) is 19.5. The van der Waals surface area contributed by atoms with Crippen LogP contribution in [-0.2, 0) is 23.4 Å². The maximum Gasteiger partial charge on any atom is 0.168 e. The first-order valence-corrected chi connectivity index (χ1v) is 11.5. The maximum atomic E-state index is 10.8. The van der Waals surface area contributed by atoms with E-state index in [4.69, 9.17) is 24.7 Å². The van der Waals surface area contributed by atoms with Crippen LogP contribution in [0.3, 0.4) is 0 Å². The van der Waals surface area contributed by atoms with Gasteiger partial charge in [0.25, 0.3) is 0 Å². The molecule has 2 atom stereocenters. The summed E-state index contributed by atoms with van der Waals surface area (Å²) >= 11 is 0. The average Bonchev–Trinajstić information content (AvgIpc) is 3.42. The third-order valence-electron chi connectivity index (χ3n) is 6.09. The Morgan fingerprint density at radius 1 is 1.26 bits per heavy atom. The lowest BCUT2D eigenvalue weighted by Crippen LogP contribution is -2.43. The number of aromatic nitrogens is 3. The number of benzene rings is 1. The van der Waals surface area contributed by atoms with E-state index in [1.54, 1.807) is 19.9 Å². The minimum absolute atomic E-state index is 0.0361. The van der Waals surface area contributed by atoms with Crippen molar-refractivity contribution in [2.45, 2.75) is 38.6 Å². The first-order valence-electron chi connectivity index (χ1n) is 11.5. The van der Waals surface area contributed by atoms with Gasteiger partial charge < -0.3 is 29.4 Å². The molecule has 0 saturated carbocycles. The molecule has 2 aliphatic rings. The van der Waals surface area contributed by atoms with Gasteiger partial charge in [0.2, 0.25) is 0 Å². The van der Waals surface area contributed by atoms with Gasteiger partial charge in [-0.1, -0.05) is 17.0 Å². The summed E-state index contributed by atoms with van der Waals surface area (Å²) in [6.07, 6.45) is 1.96. The predicted octanol–water partition coefficient (Wildman–Crippen LogP) is 1.66. The van der Waals surface area contributed by atoms with Crippen molar-refractivity contribution in [3.8, 4) is 29.0 Å². The Morgan fingerprint density at radius 3 is 2.82 bits per heavy atom. The number of rotatable bonds is 4. The quantitative estimate of drug-likeness (QED) is 0.562. The Kier molecular flexibility index (Phi) is 6.15. The van der Waals surface area contributed by atoms with Gasteiger partial charge >= 0.3 is 0 Å². The van der Waals surface area contributed by atoms with E-state index in [0.717, 1.165) is 61.2 Å². The smallest absolute Gasteiger partial charge is 0.168 e. The molecule has 1 fully saturated rings. The molecule has 1 aromatic carbocycles. The van der Waals surface area contributed by atoms with Crippen LogP contribution in [0.4, 0.5) is 0 Å². The number of morpholine rings is 1. The van der Waals surface area contributed by atoms with E-state index in [9.17, 15) is 5.11 Å². The highest BCUT2D eigenvalue weighted by Crippen LogP contribution is 2.34. The first kappa shape index (κ1) is 22.6. The summed E-state index contributed by atoms with van der Waals surface area (Å²) in [4.78, 5) is 7.12. The topological polar surface area (TPSA) is 112 Å². The molecule has 34 heavy (non-hydrogen) atoms. The summed E-state index contributed by atoms with van der Waals surface area (Å²) in [7, 11) is 0. The molecular weight excluding hydrogens is 434 g/mol. The Bertz CT molecular complexity index is 1230. The summed E-state index contributed by atoms with van der Waals surface area (Å²) in [5, 5.41) is 14.7. The largest absolute Gasteiger partial charge is 0.486 e. The van der Waals surface area contributed by atoms with E-state index < -0.39 is 5.60 Å². The molecule has 2 aromatic heterocycles. The summed E-state index contributed by atoms with van der Waals surface area (Å²) in [6, 6.07) is 7.44. The number of aryl methyl sites for hydroxylation is 1. The third-order valence-corrected chi connectivity index (χ3v) is 6.09. The van der Waals surface area contributed by atoms with Crippen molar-refractivity contribution < 1.29 is 19.1 Å². The van der Waals surface area contributed by atoms with E-state index in [0.29, 0.717) is 24.5 Å². The maximum absolute atomic E-state index is 10.8. The van der Waals surface area contributed by atoms with Gasteiger partial charge in [-0.25, -0.2) is 4.98 Å². The van der Waals surface area contributed by atoms with Gasteiger partial charge in [0, 0.05) is 44.0 Å². The van der Waals surface area contributed by atoms with Crippen LogP contribution in [-0.4, -0.2) is 63.7 Å². The van der Waals surface area contributed by atoms with Crippen molar-refractivity contribution in [2.24, 2.45) is 5.73 Å². The van der Waals surface area contributed by atoms with E-state index in [2.05, 4.69) is 26.5 Å². The third kappa shape index (κ3) is 4.72. The highest BCUT2D eigenvalue weighted by Gasteiger charge is 2.27. The van der Waals surface area contributed by atoms with Crippen molar-refractivity contribution in [3.63, 3.8) is 0 Å². The Labute approximate surface area is 198 Å². The fourth-order valence-electron chi connectivity index (χ4n) is 4.26. The zero-order valence-corrected chi connectivity index (χ0v) is 19.5. The predicted molar refractivity (Wildman–Crippen MR) is 125 cm³/mol. The van der Waals surface area contributed by atoms with Gasteiger partial charge in [0.1, 0.15) is 29.1 Å². The minimum atomic E-state index is -1.44.